The molecule has 0 saturated heterocycles. The Kier molecular flexibility index (Phi) is 9.10. The summed E-state index contributed by atoms with van der Waals surface area (Å²) in [7, 11) is 1.58. The highest BCUT2D eigenvalue weighted by atomic mass is 31.1. The van der Waals surface area contributed by atoms with Crippen LogP contribution in [0, 0.1) is 39.5 Å². The first-order chi connectivity index (χ1) is 15.8. The third kappa shape index (κ3) is 6.93. The number of hydrogen-bond donors (Lipinski definition) is 0. The molecule has 0 spiro atoms. The molecule has 1 fully saturated rings. The molecule has 4 unspecified atom stereocenters. The Bertz CT molecular complexity index is 869. The van der Waals surface area contributed by atoms with Gasteiger partial charge in [-0.1, -0.05) is 113 Å². The Morgan fingerprint density at radius 3 is 1.44 bits per heavy atom. The van der Waals surface area contributed by atoms with E-state index in [1.165, 1.54) is 59.1 Å². The van der Waals surface area contributed by atoms with E-state index < -0.39 is 0 Å². The summed E-state index contributed by atoms with van der Waals surface area (Å²) in [6.45, 7) is 23.8. The van der Waals surface area contributed by atoms with Crippen LogP contribution in [0.4, 0.5) is 0 Å². The maximum Gasteiger partial charge on any atom is 0.0206 e. The van der Waals surface area contributed by atoms with E-state index in [2.05, 4.69) is 110 Å². The van der Waals surface area contributed by atoms with Gasteiger partial charge in [0.2, 0.25) is 0 Å². The summed E-state index contributed by atoms with van der Waals surface area (Å²) >= 11 is 0. The van der Waals surface area contributed by atoms with Gasteiger partial charge in [0.1, 0.15) is 0 Å². The summed E-state index contributed by atoms with van der Waals surface area (Å²) in [6, 6.07) is 15.0. The molecule has 1 aliphatic rings. The Balaban J connectivity index is 1.99. The largest absolute Gasteiger partial charge is 0.261 e. The predicted molar refractivity (Wildman–Crippen MR) is 157 cm³/mol. The monoisotopic (exact) mass is 497 g/mol. The summed E-state index contributed by atoms with van der Waals surface area (Å²) < 4.78 is 2.97. The summed E-state index contributed by atoms with van der Waals surface area (Å²) in [4.78, 5) is 0. The number of benzene rings is 2. The van der Waals surface area contributed by atoms with Gasteiger partial charge in [-0.25, -0.2) is 0 Å². The van der Waals surface area contributed by atoms with Crippen LogP contribution >= 0.6 is 17.5 Å². The van der Waals surface area contributed by atoms with Gasteiger partial charge in [0.15, 0.2) is 0 Å². The predicted octanol–water partition coefficient (Wildman–Crippen LogP) is 9.79. The number of nitrogens with zero attached hydrogens (tertiary/aromatic N) is 1. The molecule has 1 saturated carbocycles. The van der Waals surface area contributed by atoms with Gasteiger partial charge in [-0.2, -0.15) is 0 Å². The van der Waals surface area contributed by atoms with Crippen molar-refractivity contribution in [3.8, 4) is 0 Å². The fourth-order valence-corrected chi connectivity index (χ4v) is 10.5. The summed E-state index contributed by atoms with van der Waals surface area (Å²) in [5.41, 5.74) is 8.54. The molecule has 0 bridgehead atoms. The van der Waals surface area contributed by atoms with E-state index in [9.17, 15) is 0 Å². The molecule has 188 valence electrons. The van der Waals surface area contributed by atoms with Gasteiger partial charge in [0.05, 0.1) is 0 Å². The van der Waals surface area contributed by atoms with Crippen molar-refractivity contribution in [1.82, 2.24) is 4.44 Å². The van der Waals surface area contributed by atoms with E-state index >= 15 is 0 Å². The molecule has 34 heavy (non-hydrogen) atoms. The number of aryl methyl sites for hydroxylation is 4. The average Bonchev–Trinajstić information content (AvgIpc) is 2.71. The van der Waals surface area contributed by atoms with Crippen molar-refractivity contribution in [2.45, 2.75) is 111 Å². The van der Waals surface area contributed by atoms with Crippen molar-refractivity contribution in [3.05, 3.63) is 69.8 Å². The number of rotatable bonds is 8. The molecule has 0 aliphatic heterocycles. The Morgan fingerprint density at radius 2 is 1.06 bits per heavy atom. The van der Waals surface area contributed by atoms with Gasteiger partial charge in [0, 0.05) is 16.4 Å². The zero-order chi connectivity index (χ0) is 25.3. The minimum absolute atomic E-state index is 0.140. The average molecular weight is 498 g/mol. The molecule has 0 N–H and O–H groups in total. The van der Waals surface area contributed by atoms with Crippen molar-refractivity contribution in [1.29, 1.82) is 0 Å². The first kappa shape index (κ1) is 27.8. The van der Waals surface area contributed by atoms with Gasteiger partial charge in [-0.3, -0.25) is 4.44 Å². The first-order valence-electron chi connectivity index (χ1n) is 13.3. The molecular weight excluding hydrogens is 448 g/mol. The fourth-order valence-electron chi connectivity index (χ4n) is 5.83. The molecule has 0 aromatic heterocycles. The quantitative estimate of drug-likeness (QED) is 0.328. The highest BCUT2D eigenvalue weighted by Gasteiger charge is 2.38. The Morgan fingerprint density at radius 1 is 0.676 bits per heavy atom. The molecule has 1 nitrogen and oxygen atoms in total. The minimum atomic E-state index is 0.140. The van der Waals surface area contributed by atoms with E-state index in [1.54, 1.807) is 0 Å². The second-order valence-electron chi connectivity index (χ2n) is 12.4. The first-order valence-corrected chi connectivity index (χ1v) is 15.2. The van der Waals surface area contributed by atoms with Crippen LogP contribution in [0.3, 0.4) is 0 Å². The Hall–Kier alpha value is -0.740. The summed E-state index contributed by atoms with van der Waals surface area (Å²) in [5.74, 6) is 1.55. The second-order valence-corrected chi connectivity index (χ2v) is 16.7. The smallest absolute Gasteiger partial charge is 0.0206 e. The van der Waals surface area contributed by atoms with E-state index in [0.29, 0.717) is 6.04 Å². The van der Waals surface area contributed by atoms with Crippen LogP contribution in [0.5, 0.6) is 0 Å². The van der Waals surface area contributed by atoms with Crippen LogP contribution in [0.25, 0.3) is 0 Å². The minimum Gasteiger partial charge on any atom is -0.261 e. The van der Waals surface area contributed by atoms with Gasteiger partial charge in [-0.15, -0.1) is 0 Å². The lowest BCUT2D eigenvalue weighted by molar-refractivity contribution is 0.189. The molecule has 0 heterocycles. The molecule has 0 amide bonds. The SMILES string of the molecule is Cc1cc(C)cc(C(C)(C)PN(PC(C)(C)c2cc(C)cc(C)c2)C2CCCCC2C(C)C)c1. The highest BCUT2D eigenvalue weighted by Crippen LogP contribution is 2.58. The number of hydrogen-bond acceptors (Lipinski definition) is 1. The van der Waals surface area contributed by atoms with Gasteiger partial charge in [0.25, 0.3) is 0 Å². The van der Waals surface area contributed by atoms with Crippen LogP contribution in [0.15, 0.2) is 36.4 Å². The van der Waals surface area contributed by atoms with Crippen LogP contribution < -0.4 is 0 Å². The van der Waals surface area contributed by atoms with Crippen LogP contribution in [0.1, 0.15) is 101 Å². The van der Waals surface area contributed by atoms with Gasteiger partial charge in [-0.05, 0) is 81.0 Å². The van der Waals surface area contributed by atoms with Crippen LogP contribution in [-0.4, -0.2) is 10.5 Å². The molecule has 2 aromatic carbocycles. The topological polar surface area (TPSA) is 3.24 Å². The molecular formula is C31H49NP2. The lowest BCUT2D eigenvalue weighted by Gasteiger charge is -2.47. The molecule has 0 radical (unpaired) electrons. The zero-order valence-electron chi connectivity index (χ0n) is 23.5. The van der Waals surface area contributed by atoms with Crippen molar-refractivity contribution in [3.63, 3.8) is 0 Å². The third-order valence-corrected chi connectivity index (χ3v) is 11.2. The Labute approximate surface area is 214 Å². The maximum absolute atomic E-state index is 2.97. The van der Waals surface area contributed by atoms with Crippen molar-refractivity contribution < 1.29 is 0 Å². The van der Waals surface area contributed by atoms with Crippen LogP contribution in [-0.2, 0) is 10.3 Å². The second kappa shape index (κ2) is 11.1. The lowest BCUT2D eigenvalue weighted by atomic mass is 9.78. The van der Waals surface area contributed by atoms with Crippen LogP contribution in [0.2, 0.25) is 0 Å². The molecule has 4 atom stereocenters. The standard InChI is InChI=1S/C31H49NP2/c1-21(2)28-13-11-12-14-29(28)32(33-30(7,8)26-17-22(3)15-23(4)18-26)34-31(9,10)27-19-24(5)16-25(6)20-27/h15-21,28-29,33-34H,11-14H2,1-10H3. The highest BCUT2D eigenvalue weighted by molar-refractivity contribution is 7.52. The van der Waals surface area contributed by atoms with E-state index in [1.807, 2.05) is 0 Å². The van der Waals surface area contributed by atoms with Crippen molar-refractivity contribution in [2.75, 3.05) is 0 Å². The summed E-state index contributed by atoms with van der Waals surface area (Å²) in [5, 5.41) is 0.280. The summed E-state index contributed by atoms with van der Waals surface area (Å²) in [6.07, 6.45) is 5.53. The molecule has 2 aromatic rings. The molecule has 3 heteroatoms. The van der Waals surface area contributed by atoms with Crippen molar-refractivity contribution in [2.24, 2.45) is 11.8 Å². The third-order valence-electron chi connectivity index (χ3n) is 7.66. The molecule has 3 rings (SSSR count). The van der Waals surface area contributed by atoms with E-state index in [4.69, 9.17) is 0 Å². The maximum atomic E-state index is 2.97. The van der Waals surface area contributed by atoms with Gasteiger partial charge >= 0.3 is 0 Å². The fraction of sp³-hybridized carbons (Fsp3) is 0.613. The van der Waals surface area contributed by atoms with Crippen molar-refractivity contribution >= 4 is 17.5 Å². The lowest BCUT2D eigenvalue weighted by Crippen LogP contribution is -2.39. The zero-order valence-corrected chi connectivity index (χ0v) is 25.5. The normalized spacial score (nSPS) is 20.5. The van der Waals surface area contributed by atoms with Gasteiger partial charge < -0.3 is 0 Å². The molecule has 1 aliphatic carbocycles. The van der Waals surface area contributed by atoms with E-state index in [0.717, 1.165) is 29.3 Å². The van der Waals surface area contributed by atoms with E-state index in [-0.39, 0.29) is 10.3 Å².